The van der Waals surface area contributed by atoms with Crippen molar-refractivity contribution >= 4 is 0 Å². The molecule has 0 saturated heterocycles. The van der Waals surface area contributed by atoms with Gasteiger partial charge in [-0.25, -0.2) is 0 Å². The summed E-state index contributed by atoms with van der Waals surface area (Å²) in [5, 5.41) is 13.3. The van der Waals surface area contributed by atoms with Crippen LogP contribution in [0.25, 0.3) is 0 Å². The van der Waals surface area contributed by atoms with Crippen molar-refractivity contribution < 1.29 is 5.11 Å². The van der Waals surface area contributed by atoms with Crippen LogP contribution in [0.5, 0.6) is 0 Å². The highest BCUT2D eigenvalue weighted by molar-refractivity contribution is 4.98. The van der Waals surface area contributed by atoms with Crippen molar-refractivity contribution in [3.63, 3.8) is 0 Å². The molecule has 2 rings (SSSR count). The molecule has 0 bridgehead atoms. The van der Waals surface area contributed by atoms with Crippen LogP contribution in [0.1, 0.15) is 12.5 Å². The summed E-state index contributed by atoms with van der Waals surface area (Å²) in [5.74, 6) is 0. The third-order valence-corrected chi connectivity index (χ3v) is 2.18. The van der Waals surface area contributed by atoms with Gasteiger partial charge in [0.15, 0.2) is 0 Å². The zero-order valence-corrected chi connectivity index (χ0v) is 6.09. The molecule has 60 valence electrons. The first-order valence-electron chi connectivity index (χ1n) is 3.72. The molecule has 4 nitrogen and oxygen atoms in total. The second kappa shape index (κ2) is 2.32. The van der Waals surface area contributed by atoms with E-state index in [1.807, 2.05) is 12.3 Å². The van der Waals surface area contributed by atoms with Gasteiger partial charge in [-0.05, 0) is 12.5 Å². The molecule has 1 saturated carbocycles. The summed E-state index contributed by atoms with van der Waals surface area (Å²) < 4.78 is 1.72. The fourth-order valence-corrected chi connectivity index (χ4v) is 1.48. The molecule has 1 fully saturated rings. The number of hydrogen-bond donors (Lipinski definition) is 2. The molecule has 1 heterocycles. The van der Waals surface area contributed by atoms with Gasteiger partial charge in [0.05, 0.1) is 12.1 Å². The van der Waals surface area contributed by atoms with Crippen molar-refractivity contribution in [2.45, 2.75) is 24.6 Å². The van der Waals surface area contributed by atoms with Gasteiger partial charge in [0.2, 0.25) is 0 Å². The number of aliphatic hydroxyl groups excluding tert-OH is 1. The Morgan fingerprint density at radius 2 is 2.45 bits per heavy atom. The molecule has 1 aliphatic carbocycles. The molecule has 0 amide bonds. The second-order valence-corrected chi connectivity index (χ2v) is 2.94. The van der Waals surface area contributed by atoms with Crippen LogP contribution in [-0.2, 0) is 0 Å². The maximum atomic E-state index is 9.31. The van der Waals surface area contributed by atoms with E-state index in [4.69, 9.17) is 5.73 Å². The normalized spacial score (nSPS) is 36.7. The van der Waals surface area contributed by atoms with Crippen molar-refractivity contribution in [1.29, 1.82) is 0 Å². The minimum atomic E-state index is -0.315. The van der Waals surface area contributed by atoms with Gasteiger partial charge in [0.25, 0.3) is 0 Å². The Morgan fingerprint density at radius 3 is 2.91 bits per heavy atom. The van der Waals surface area contributed by atoms with Gasteiger partial charge in [0, 0.05) is 18.4 Å². The van der Waals surface area contributed by atoms with E-state index < -0.39 is 0 Å². The van der Waals surface area contributed by atoms with Crippen LogP contribution < -0.4 is 5.73 Å². The van der Waals surface area contributed by atoms with E-state index in [-0.39, 0.29) is 18.2 Å². The molecule has 3 atom stereocenters. The summed E-state index contributed by atoms with van der Waals surface area (Å²) in [6, 6.07) is 1.88. The molecule has 1 aromatic rings. The highest BCUT2D eigenvalue weighted by Gasteiger charge is 2.38. The highest BCUT2D eigenvalue weighted by atomic mass is 16.3. The zero-order valence-electron chi connectivity index (χ0n) is 6.09. The Labute approximate surface area is 64.6 Å². The van der Waals surface area contributed by atoms with Crippen LogP contribution in [0.2, 0.25) is 0 Å². The summed E-state index contributed by atoms with van der Waals surface area (Å²) in [6.45, 7) is 0. The van der Waals surface area contributed by atoms with Crippen LogP contribution in [-0.4, -0.2) is 27.0 Å². The lowest BCUT2D eigenvalue weighted by atomic mass is 9.84. The average molecular weight is 153 g/mol. The SMILES string of the molecule is NC1CC(O)C1n1cccn1. The molecule has 3 unspecified atom stereocenters. The quantitative estimate of drug-likeness (QED) is 0.572. The Hall–Kier alpha value is -0.870. The van der Waals surface area contributed by atoms with Crippen molar-refractivity contribution in [3.05, 3.63) is 18.5 Å². The number of aromatic nitrogens is 2. The van der Waals surface area contributed by atoms with Crippen molar-refractivity contribution in [2.24, 2.45) is 5.73 Å². The summed E-state index contributed by atoms with van der Waals surface area (Å²) in [4.78, 5) is 0. The molecule has 1 aromatic heterocycles. The minimum Gasteiger partial charge on any atom is -0.391 e. The standard InChI is InChI=1S/C7H11N3O/c8-5-4-6(11)7(5)10-3-1-2-9-10/h1-3,5-7,11H,4,8H2. The van der Waals surface area contributed by atoms with Gasteiger partial charge < -0.3 is 10.8 Å². The maximum Gasteiger partial charge on any atom is 0.0929 e. The number of hydrogen-bond acceptors (Lipinski definition) is 3. The third-order valence-electron chi connectivity index (χ3n) is 2.18. The fourth-order valence-electron chi connectivity index (χ4n) is 1.48. The molecule has 3 N–H and O–H groups in total. The van der Waals surface area contributed by atoms with Gasteiger partial charge >= 0.3 is 0 Å². The first-order chi connectivity index (χ1) is 5.29. The van der Waals surface area contributed by atoms with Crippen molar-refractivity contribution in [3.8, 4) is 0 Å². The first-order valence-corrected chi connectivity index (χ1v) is 3.72. The van der Waals surface area contributed by atoms with Gasteiger partial charge in [-0.3, -0.25) is 4.68 Å². The van der Waals surface area contributed by atoms with E-state index in [2.05, 4.69) is 5.10 Å². The van der Waals surface area contributed by atoms with Crippen LogP contribution in [0, 0.1) is 0 Å². The summed E-state index contributed by atoms with van der Waals surface area (Å²) in [6.07, 6.45) is 3.89. The van der Waals surface area contributed by atoms with Crippen LogP contribution in [0.15, 0.2) is 18.5 Å². The summed E-state index contributed by atoms with van der Waals surface area (Å²) in [7, 11) is 0. The summed E-state index contributed by atoms with van der Waals surface area (Å²) in [5.41, 5.74) is 5.68. The third kappa shape index (κ3) is 0.948. The number of nitrogens with zero attached hydrogens (tertiary/aromatic N) is 2. The monoisotopic (exact) mass is 153 g/mol. The highest BCUT2D eigenvalue weighted by Crippen LogP contribution is 2.29. The Morgan fingerprint density at radius 1 is 1.64 bits per heavy atom. The average Bonchev–Trinajstić information content (AvgIpc) is 2.39. The largest absolute Gasteiger partial charge is 0.391 e. The number of nitrogens with two attached hydrogens (primary N) is 1. The van der Waals surface area contributed by atoms with Gasteiger partial charge in [-0.15, -0.1) is 0 Å². The van der Waals surface area contributed by atoms with Gasteiger partial charge in [-0.2, -0.15) is 5.10 Å². The van der Waals surface area contributed by atoms with E-state index in [9.17, 15) is 5.11 Å². The lowest BCUT2D eigenvalue weighted by Crippen LogP contribution is -2.52. The molecule has 11 heavy (non-hydrogen) atoms. The van der Waals surface area contributed by atoms with E-state index >= 15 is 0 Å². The lowest BCUT2D eigenvalue weighted by molar-refractivity contribution is 0.00636. The summed E-state index contributed by atoms with van der Waals surface area (Å²) >= 11 is 0. The Bertz CT molecular complexity index is 226. The maximum absolute atomic E-state index is 9.31. The second-order valence-electron chi connectivity index (χ2n) is 2.94. The van der Waals surface area contributed by atoms with Gasteiger partial charge in [0.1, 0.15) is 0 Å². The molecule has 0 aromatic carbocycles. The van der Waals surface area contributed by atoms with E-state index in [0.29, 0.717) is 6.42 Å². The van der Waals surface area contributed by atoms with Crippen LogP contribution >= 0.6 is 0 Å². The molecule has 0 spiro atoms. The zero-order chi connectivity index (χ0) is 7.84. The van der Waals surface area contributed by atoms with Crippen LogP contribution in [0.3, 0.4) is 0 Å². The number of rotatable bonds is 1. The van der Waals surface area contributed by atoms with E-state index in [0.717, 1.165) is 0 Å². The van der Waals surface area contributed by atoms with Crippen LogP contribution in [0.4, 0.5) is 0 Å². The first kappa shape index (κ1) is 6.82. The van der Waals surface area contributed by atoms with E-state index in [1.54, 1.807) is 10.9 Å². The predicted octanol–water partition coefficient (Wildman–Crippen LogP) is -0.484. The molecule has 0 aliphatic heterocycles. The fraction of sp³-hybridized carbons (Fsp3) is 0.571. The minimum absolute atomic E-state index is 0.00926. The molecule has 4 heteroatoms. The Kier molecular flexibility index (Phi) is 1.44. The predicted molar refractivity (Wildman–Crippen MR) is 39.9 cm³/mol. The van der Waals surface area contributed by atoms with Gasteiger partial charge in [-0.1, -0.05) is 0 Å². The molecular formula is C7H11N3O. The Balaban J connectivity index is 2.17. The number of aliphatic hydroxyl groups is 1. The lowest BCUT2D eigenvalue weighted by Gasteiger charge is -2.38. The molecule has 1 aliphatic rings. The topological polar surface area (TPSA) is 64.1 Å². The smallest absolute Gasteiger partial charge is 0.0929 e. The molecule has 0 radical (unpaired) electrons. The van der Waals surface area contributed by atoms with E-state index in [1.165, 1.54) is 0 Å². The van der Waals surface area contributed by atoms with Crippen molar-refractivity contribution in [2.75, 3.05) is 0 Å². The molecular weight excluding hydrogens is 142 g/mol. The van der Waals surface area contributed by atoms with Crippen molar-refractivity contribution in [1.82, 2.24) is 9.78 Å².